The number of amides is 1. The number of rotatable bonds is 3. The van der Waals surface area contributed by atoms with Crippen molar-refractivity contribution in [2.24, 2.45) is 5.73 Å². The highest BCUT2D eigenvalue weighted by atomic mass is 16.2. The minimum absolute atomic E-state index is 0.0393. The molecule has 94 valence electrons. The van der Waals surface area contributed by atoms with E-state index < -0.39 is 5.54 Å². The molecule has 1 atom stereocenters. The predicted octanol–water partition coefficient (Wildman–Crippen LogP) is -0.0280. The molecular weight excluding hydrogens is 216 g/mol. The third kappa shape index (κ3) is 2.96. The van der Waals surface area contributed by atoms with Crippen LogP contribution in [0.2, 0.25) is 0 Å². The van der Waals surface area contributed by atoms with E-state index in [1.807, 2.05) is 0 Å². The summed E-state index contributed by atoms with van der Waals surface area (Å²) in [7, 11) is 0. The Balaban J connectivity index is 1.83. The number of nitrogens with one attached hydrogen (secondary N) is 1. The van der Waals surface area contributed by atoms with Crippen molar-refractivity contribution < 1.29 is 4.79 Å². The van der Waals surface area contributed by atoms with Gasteiger partial charge in [0.1, 0.15) is 5.54 Å². The zero-order valence-corrected chi connectivity index (χ0v) is 10.1. The van der Waals surface area contributed by atoms with Crippen LogP contribution in [0, 0.1) is 11.3 Å². The highest BCUT2D eigenvalue weighted by molar-refractivity contribution is 5.79. The zero-order chi connectivity index (χ0) is 12.3. The number of hydrogen-bond donors (Lipinski definition) is 2. The quantitative estimate of drug-likeness (QED) is 0.721. The summed E-state index contributed by atoms with van der Waals surface area (Å²) in [6.07, 6.45) is 4.59. The minimum atomic E-state index is -0.598. The van der Waals surface area contributed by atoms with Crippen LogP contribution in [0.25, 0.3) is 0 Å². The molecule has 0 bridgehead atoms. The Morgan fingerprint density at radius 1 is 1.53 bits per heavy atom. The summed E-state index contributed by atoms with van der Waals surface area (Å²) in [5.41, 5.74) is 5.19. The van der Waals surface area contributed by atoms with Crippen molar-refractivity contribution in [3.63, 3.8) is 0 Å². The molecule has 1 aliphatic carbocycles. The van der Waals surface area contributed by atoms with Gasteiger partial charge in [0.15, 0.2) is 0 Å². The van der Waals surface area contributed by atoms with E-state index in [-0.39, 0.29) is 11.9 Å². The maximum Gasteiger partial charge on any atom is 0.235 e. The van der Waals surface area contributed by atoms with Gasteiger partial charge in [0, 0.05) is 19.1 Å². The van der Waals surface area contributed by atoms with E-state index in [4.69, 9.17) is 5.73 Å². The summed E-state index contributed by atoms with van der Waals surface area (Å²) in [5, 5.41) is 12.1. The summed E-state index contributed by atoms with van der Waals surface area (Å²) >= 11 is 0. The second-order valence-electron chi connectivity index (χ2n) is 5.23. The summed E-state index contributed by atoms with van der Waals surface area (Å²) in [4.78, 5) is 13.9. The molecule has 0 radical (unpaired) electrons. The molecule has 2 aliphatic rings. The third-order valence-electron chi connectivity index (χ3n) is 3.73. The summed E-state index contributed by atoms with van der Waals surface area (Å²) in [6, 6.07) is 2.46. The van der Waals surface area contributed by atoms with E-state index in [1.165, 1.54) is 0 Å². The lowest BCUT2D eigenvalue weighted by molar-refractivity contribution is -0.123. The van der Waals surface area contributed by atoms with Gasteiger partial charge in [-0.05, 0) is 32.1 Å². The molecule has 3 N–H and O–H groups in total. The number of nitrogens with two attached hydrogens (primary N) is 1. The van der Waals surface area contributed by atoms with Crippen LogP contribution in [0.4, 0.5) is 0 Å². The van der Waals surface area contributed by atoms with Gasteiger partial charge in [0.2, 0.25) is 5.91 Å². The second kappa shape index (κ2) is 5.03. The lowest BCUT2D eigenvalue weighted by atomic mass is 10.00. The van der Waals surface area contributed by atoms with Crippen molar-refractivity contribution in [3.05, 3.63) is 0 Å². The van der Waals surface area contributed by atoms with E-state index in [0.29, 0.717) is 6.54 Å². The summed E-state index contributed by atoms with van der Waals surface area (Å²) in [5.74, 6) is -0.0393. The maximum absolute atomic E-state index is 11.9. The zero-order valence-electron chi connectivity index (χ0n) is 10.1. The predicted molar refractivity (Wildman–Crippen MR) is 64.0 cm³/mol. The molecule has 0 aromatic carbocycles. The second-order valence-corrected chi connectivity index (χ2v) is 5.23. The molecule has 17 heavy (non-hydrogen) atoms. The van der Waals surface area contributed by atoms with Crippen LogP contribution in [-0.2, 0) is 4.79 Å². The number of hydrogen-bond acceptors (Lipinski definition) is 4. The van der Waals surface area contributed by atoms with Gasteiger partial charge < -0.3 is 11.1 Å². The first-order chi connectivity index (χ1) is 8.13. The van der Waals surface area contributed by atoms with Gasteiger partial charge in [0.05, 0.1) is 12.6 Å². The van der Waals surface area contributed by atoms with Gasteiger partial charge in [-0.15, -0.1) is 0 Å². The molecule has 2 fully saturated rings. The van der Waals surface area contributed by atoms with Gasteiger partial charge in [-0.3, -0.25) is 9.69 Å². The van der Waals surface area contributed by atoms with E-state index in [9.17, 15) is 10.1 Å². The van der Waals surface area contributed by atoms with Crippen molar-refractivity contribution in [3.8, 4) is 6.07 Å². The molecule has 0 aromatic heterocycles. The van der Waals surface area contributed by atoms with Crippen LogP contribution >= 0.6 is 0 Å². The van der Waals surface area contributed by atoms with Crippen molar-refractivity contribution >= 4 is 5.91 Å². The van der Waals surface area contributed by atoms with E-state index in [1.54, 1.807) is 0 Å². The number of nitriles is 1. The molecule has 1 saturated heterocycles. The molecule has 5 heteroatoms. The molecular formula is C12H20N4O. The van der Waals surface area contributed by atoms with Gasteiger partial charge in [-0.2, -0.15) is 5.26 Å². The first-order valence-electron chi connectivity index (χ1n) is 6.34. The molecule has 2 rings (SSSR count). The van der Waals surface area contributed by atoms with Gasteiger partial charge in [-0.25, -0.2) is 0 Å². The standard InChI is InChI=1S/C12H20N4O/c13-9-12(4-1-2-5-12)15-11(17)8-16-6-3-10(14)7-16/h10H,1-8,14H2,(H,15,17)/t10-/m1/s1. The number of likely N-dealkylation sites (tertiary alicyclic amines) is 1. The molecule has 1 aliphatic heterocycles. The fourth-order valence-corrected chi connectivity index (χ4v) is 2.76. The summed E-state index contributed by atoms with van der Waals surface area (Å²) < 4.78 is 0. The van der Waals surface area contributed by atoms with Crippen molar-refractivity contribution in [1.29, 1.82) is 5.26 Å². The Morgan fingerprint density at radius 3 is 2.76 bits per heavy atom. The Morgan fingerprint density at radius 2 is 2.24 bits per heavy atom. The van der Waals surface area contributed by atoms with Crippen LogP contribution in [0.3, 0.4) is 0 Å². The fraction of sp³-hybridized carbons (Fsp3) is 0.833. The SMILES string of the molecule is N#CC1(NC(=O)CN2CC[C@@H](N)C2)CCCC1. The van der Waals surface area contributed by atoms with Crippen LogP contribution in [-0.4, -0.2) is 42.0 Å². The average molecular weight is 236 g/mol. The van der Waals surface area contributed by atoms with E-state index in [0.717, 1.165) is 45.2 Å². The molecule has 0 spiro atoms. The molecule has 1 amide bonds. The lowest BCUT2D eigenvalue weighted by Gasteiger charge is -2.24. The third-order valence-corrected chi connectivity index (χ3v) is 3.73. The maximum atomic E-state index is 11.9. The smallest absolute Gasteiger partial charge is 0.235 e. The molecule has 5 nitrogen and oxygen atoms in total. The summed E-state index contributed by atoms with van der Waals surface area (Å²) in [6.45, 7) is 2.04. The first kappa shape index (κ1) is 12.3. The van der Waals surface area contributed by atoms with Crippen LogP contribution in [0.1, 0.15) is 32.1 Å². The minimum Gasteiger partial charge on any atom is -0.337 e. The molecule has 1 saturated carbocycles. The van der Waals surface area contributed by atoms with E-state index >= 15 is 0 Å². The topological polar surface area (TPSA) is 82.2 Å². The fourth-order valence-electron chi connectivity index (χ4n) is 2.76. The van der Waals surface area contributed by atoms with Crippen molar-refractivity contribution in [2.75, 3.05) is 19.6 Å². The molecule has 0 aromatic rings. The normalized spacial score (nSPS) is 27.9. The van der Waals surface area contributed by atoms with Gasteiger partial charge in [-0.1, -0.05) is 0 Å². The number of carbonyl (C=O) groups is 1. The molecule has 0 unspecified atom stereocenters. The number of nitrogens with zero attached hydrogens (tertiary/aromatic N) is 2. The highest BCUT2D eigenvalue weighted by Gasteiger charge is 2.35. The lowest BCUT2D eigenvalue weighted by Crippen LogP contribution is -2.48. The largest absolute Gasteiger partial charge is 0.337 e. The highest BCUT2D eigenvalue weighted by Crippen LogP contribution is 2.28. The number of carbonyl (C=O) groups excluding carboxylic acids is 1. The Bertz CT molecular complexity index is 330. The van der Waals surface area contributed by atoms with Gasteiger partial charge in [0.25, 0.3) is 0 Å². The van der Waals surface area contributed by atoms with Crippen LogP contribution in [0.15, 0.2) is 0 Å². The van der Waals surface area contributed by atoms with Crippen LogP contribution < -0.4 is 11.1 Å². The monoisotopic (exact) mass is 236 g/mol. The Kier molecular flexibility index (Phi) is 3.65. The Hall–Kier alpha value is -1.12. The van der Waals surface area contributed by atoms with Gasteiger partial charge >= 0.3 is 0 Å². The van der Waals surface area contributed by atoms with Crippen molar-refractivity contribution in [2.45, 2.75) is 43.7 Å². The Labute approximate surface area is 102 Å². The first-order valence-corrected chi connectivity index (χ1v) is 6.34. The van der Waals surface area contributed by atoms with Crippen molar-refractivity contribution in [1.82, 2.24) is 10.2 Å². The van der Waals surface area contributed by atoms with Crippen LogP contribution in [0.5, 0.6) is 0 Å². The molecule has 1 heterocycles. The van der Waals surface area contributed by atoms with E-state index in [2.05, 4.69) is 16.3 Å². The average Bonchev–Trinajstić information content (AvgIpc) is 2.89.